The third-order valence-electron chi connectivity index (χ3n) is 6.58. The summed E-state index contributed by atoms with van der Waals surface area (Å²) in [6.45, 7) is 4.37. The number of piperidine rings is 1. The van der Waals surface area contributed by atoms with Crippen molar-refractivity contribution < 1.29 is 19.1 Å². The Kier molecular flexibility index (Phi) is 7.24. The molecule has 0 bridgehead atoms. The van der Waals surface area contributed by atoms with Crippen LogP contribution in [0.3, 0.4) is 0 Å². The largest absolute Gasteiger partial charge is 0.461 e. The van der Waals surface area contributed by atoms with E-state index in [9.17, 15) is 9.59 Å². The molecule has 0 radical (unpaired) electrons. The zero-order chi connectivity index (χ0) is 25.1. The molecular formula is C25H29ClN6O4. The molecule has 190 valence electrons. The predicted molar refractivity (Wildman–Crippen MR) is 136 cm³/mol. The summed E-state index contributed by atoms with van der Waals surface area (Å²) >= 11 is 6.57. The summed E-state index contributed by atoms with van der Waals surface area (Å²) in [5.41, 5.74) is 9.09. The van der Waals surface area contributed by atoms with Crippen molar-refractivity contribution in [1.29, 1.82) is 0 Å². The summed E-state index contributed by atoms with van der Waals surface area (Å²) in [5, 5.41) is 0.527. The Morgan fingerprint density at radius 3 is 2.50 bits per heavy atom. The molecule has 36 heavy (non-hydrogen) atoms. The van der Waals surface area contributed by atoms with Crippen LogP contribution in [0, 0.1) is 0 Å². The number of rotatable bonds is 7. The lowest BCUT2D eigenvalue weighted by molar-refractivity contribution is -0.134. The summed E-state index contributed by atoms with van der Waals surface area (Å²) in [5.74, 6) is -0.520. The van der Waals surface area contributed by atoms with Gasteiger partial charge in [0.2, 0.25) is 11.8 Å². The zero-order valence-corrected chi connectivity index (χ0v) is 20.7. The molecule has 1 aromatic carbocycles. The third-order valence-corrected chi connectivity index (χ3v) is 6.87. The molecule has 3 aromatic rings. The molecule has 0 aliphatic carbocycles. The Hall–Kier alpha value is -3.37. The number of morpholine rings is 1. The molecule has 0 atom stereocenters. The van der Waals surface area contributed by atoms with Crippen LogP contribution in [0.15, 0.2) is 30.3 Å². The number of nitrogens with one attached hydrogen (secondary N) is 1. The van der Waals surface area contributed by atoms with E-state index in [1.54, 1.807) is 4.90 Å². The number of ether oxygens (including phenoxy) is 2. The fourth-order valence-corrected chi connectivity index (χ4v) is 4.84. The lowest BCUT2D eigenvalue weighted by atomic mass is 10.1. The van der Waals surface area contributed by atoms with Gasteiger partial charge in [-0.3, -0.25) is 9.59 Å². The molecule has 5 rings (SSSR count). The molecule has 2 amide bonds. The van der Waals surface area contributed by atoms with Crippen molar-refractivity contribution in [2.75, 3.05) is 44.3 Å². The minimum absolute atomic E-state index is 0.0552. The standard InChI is InChI=1S/C25H29ClN6O4/c26-19-15-20-24(29-23(19)16-1-3-17(4-2-16)31-11-13-35-14-12-31)30-25(28-20)36-18-7-9-32(10-8-18)22(34)6-5-21(27)33/h1-4,15,18H,5-14H2,(H2,27,33)(H,28,29,30). The number of H-pyrrole nitrogens is 1. The first-order chi connectivity index (χ1) is 17.5. The number of carbonyl (C=O) groups is 2. The fraction of sp³-hybridized carbons (Fsp3) is 0.440. The second-order valence-electron chi connectivity index (χ2n) is 9.04. The van der Waals surface area contributed by atoms with Gasteiger partial charge in [-0.15, -0.1) is 0 Å². The molecule has 11 heteroatoms. The van der Waals surface area contributed by atoms with Crippen LogP contribution >= 0.6 is 11.6 Å². The number of pyridine rings is 1. The monoisotopic (exact) mass is 512 g/mol. The van der Waals surface area contributed by atoms with E-state index in [0.717, 1.165) is 37.6 Å². The van der Waals surface area contributed by atoms with Crippen LogP contribution in [0.25, 0.3) is 22.4 Å². The zero-order valence-electron chi connectivity index (χ0n) is 19.9. The average molecular weight is 513 g/mol. The van der Waals surface area contributed by atoms with Gasteiger partial charge in [0.1, 0.15) is 6.10 Å². The molecule has 2 fully saturated rings. The molecule has 3 N–H and O–H groups in total. The molecule has 10 nitrogen and oxygen atoms in total. The van der Waals surface area contributed by atoms with E-state index < -0.39 is 5.91 Å². The Morgan fingerprint density at radius 1 is 1.08 bits per heavy atom. The Bertz CT molecular complexity index is 1230. The lowest BCUT2D eigenvalue weighted by Crippen LogP contribution is -2.42. The van der Waals surface area contributed by atoms with Gasteiger partial charge in [0.05, 0.1) is 29.4 Å². The number of nitrogens with two attached hydrogens (primary N) is 1. The number of primary amides is 1. The molecule has 2 saturated heterocycles. The Morgan fingerprint density at radius 2 is 1.81 bits per heavy atom. The minimum Gasteiger partial charge on any atom is -0.461 e. The first-order valence-corrected chi connectivity index (χ1v) is 12.6. The van der Waals surface area contributed by atoms with Crippen LogP contribution in [0.2, 0.25) is 5.02 Å². The summed E-state index contributed by atoms with van der Waals surface area (Å²) in [6.07, 6.45) is 1.50. The lowest BCUT2D eigenvalue weighted by Gasteiger charge is -2.31. The summed E-state index contributed by atoms with van der Waals surface area (Å²) in [7, 11) is 0. The quantitative estimate of drug-likeness (QED) is 0.498. The van der Waals surface area contributed by atoms with Crippen molar-refractivity contribution in [3.05, 3.63) is 35.4 Å². The average Bonchev–Trinajstić information content (AvgIpc) is 3.28. The molecule has 0 saturated carbocycles. The highest BCUT2D eigenvalue weighted by molar-refractivity contribution is 6.33. The molecule has 2 aromatic heterocycles. The number of likely N-dealkylation sites (tertiary alicyclic amines) is 1. The molecule has 0 unspecified atom stereocenters. The van der Waals surface area contributed by atoms with Crippen molar-refractivity contribution in [1.82, 2.24) is 19.9 Å². The van der Waals surface area contributed by atoms with E-state index in [1.165, 1.54) is 0 Å². The molecular weight excluding hydrogens is 484 g/mol. The number of imidazole rings is 1. The first-order valence-electron chi connectivity index (χ1n) is 12.2. The number of aromatic nitrogens is 3. The molecule has 2 aliphatic heterocycles. The number of aromatic amines is 1. The normalized spacial score (nSPS) is 16.9. The van der Waals surface area contributed by atoms with Gasteiger partial charge < -0.3 is 30.0 Å². The number of fused-ring (bicyclic) bond motifs is 1. The number of amides is 2. The first kappa shape index (κ1) is 24.3. The molecule has 2 aliphatic rings. The highest BCUT2D eigenvalue weighted by atomic mass is 35.5. The topological polar surface area (TPSA) is 127 Å². The van der Waals surface area contributed by atoms with E-state index in [-0.39, 0.29) is 24.9 Å². The summed E-state index contributed by atoms with van der Waals surface area (Å²) < 4.78 is 11.5. The molecule has 4 heterocycles. The van der Waals surface area contributed by atoms with Gasteiger partial charge in [0.15, 0.2) is 5.65 Å². The summed E-state index contributed by atoms with van der Waals surface area (Å²) in [4.78, 5) is 39.5. The van der Waals surface area contributed by atoms with Crippen LogP contribution in [0.4, 0.5) is 5.69 Å². The third kappa shape index (κ3) is 5.55. The van der Waals surface area contributed by atoms with Crippen LogP contribution in [0.1, 0.15) is 25.7 Å². The number of anilines is 1. The number of nitrogens with zero attached hydrogens (tertiary/aromatic N) is 4. The van der Waals surface area contributed by atoms with Gasteiger partial charge in [0.25, 0.3) is 6.01 Å². The van der Waals surface area contributed by atoms with Crippen molar-refractivity contribution in [2.45, 2.75) is 31.8 Å². The number of benzene rings is 1. The van der Waals surface area contributed by atoms with Crippen LogP contribution in [-0.2, 0) is 14.3 Å². The second kappa shape index (κ2) is 10.7. The highest BCUT2D eigenvalue weighted by Crippen LogP contribution is 2.31. The maximum atomic E-state index is 12.2. The fourth-order valence-electron chi connectivity index (χ4n) is 4.57. The van der Waals surface area contributed by atoms with Gasteiger partial charge in [-0.1, -0.05) is 23.7 Å². The maximum absolute atomic E-state index is 12.2. The van der Waals surface area contributed by atoms with Gasteiger partial charge in [-0.2, -0.15) is 4.98 Å². The Balaban J connectivity index is 1.23. The molecule has 0 spiro atoms. The van der Waals surface area contributed by atoms with E-state index in [4.69, 9.17) is 31.8 Å². The summed E-state index contributed by atoms with van der Waals surface area (Å²) in [6, 6.07) is 10.4. The maximum Gasteiger partial charge on any atom is 0.296 e. The number of hydrogen-bond donors (Lipinski definition) is 2. The van der Waals surface area contributed by atoms with Crippen molar-refractivity contribution in [3.63, 3.8) is 0 Å². The minimum atomic E-state index is -0.465. The van der Waals surface area contributed by atoms with Crippen molar-refractivity contribution in [3.8, 4) is 17.3 Å². The highest BCUT2D eigenvalue weighted by Gasteiger charge is 2.25. The van der Waals surface area contributed by atoms with E-state index in [0.29, 0.717) is 53.8 Å². The number of carbonyl (C=O) groups excluding carboxylic acids is 2. The van der Waals surface area contributed by atoms with Gasteiger partial charge in [0, 0.05) is 63.1 Å². The number of halogens is 1. The van der Waals surface area contributed by atoms with E-state index in [1.807, 2.05) is 18.2 Å². The Labute approximate surface area is 213 Å². The van der Waals surface area contributed by atoms with Crippen molar-refractivity contribution >= 4 is 40.3 Å². The van der Waals surface area contributed by atoms with Gasteiger partial charge in [-0.25, -0.2) is 4.98 Å². The van der Waals surface area contributed by atoms with Crippen LogP contribution in [0.5, 0.6) is 6.01 Å². The van der Waals surface area contributed by atoms with Crippen LogP contribution < -0.4 is 15.4 Å². The van der Waals surface area contributed by atoms with Crippen LogP contribution in [-0.4, -0.2) is 77.2 Å². The van der Waals surface area contributed by atoms with Gasteiger partial charge in [-0.05, 0) is 18.2 Å². The van der Waals surface area contributed by atoms with E-state index >= 15 is 0 Å². The second-order valence-corrected chi connectivity index (χ2v) is 9.45. The predicted octanol–water partition coefficient (Wildman–Crippen LogP) is 2.75. The SMILES string of the molecule is NC(=O)CCC(=O)N1CCC(Oc2nc3nc(-c4ccc(N5CCOCC5)cc4)c(Cl)cc3[nH]2)CC1. The van der Waals surface area contributed by atoms with Crippen molar-refractivity contribution in [2.24, 2.45) is 5.73 Å². The van der Waals surface area contributed by atoms with E-state index in [2.05, 4.69) is 27.0 Å². The van der Waals surface area contributed by atoms with Gasteiger partial charge >= 0.3 is 0 Å². The number of hydrogen-bond acceptors (Lipinski definition) is 7. The smallest absolute Gasteiger partial charge is 0.296 e.